The number of nitrogens with zero attached hydrogens (tertiary/aromatic N) is 4. The van der Waals surface area contributed by atoms with Gasteiger partial charge in [0.1, 0.15) is 11.9 Å². The summed E-state index contributed by atoms with van der Waals surface area (Å²) in [6.45, 7) is 9.89. The zero-order valence-corrected chi connectivity index (χ0v) is 26.9. The minimum Gasteiger partial charge on any atom is -0.496 e. The van der Waals surface area contributed by atoms with Crippen LogP contribution in [-0.4, -0.2) is 51.3 Å². The van der Waals surface area contributed by atoms with Crippen LogP contribution >= 0.6 is 0 Å². The number of allylic oxidation sites excluding steroid dienone is 1. The fourth-order valence-electron chi connectivity index (χ4n) is 6.54. The molecule has 1 N–H and O–H groups in total. The monoisotopic (exact) mass is 665 g/mol. The molecule has 1 aromatic heterocycles. The number of cyclic esters (lactones) is 1. The van der Waals surface area contributed by atoms with Crippen molar-refractivity contribution in [2.24, 2.45) is 5.41 Å². The van der Waals surface area contributed by atoms with Crippen molar-refractivity contribution in [1.29, 1.82) is 0 Å². The van der Waals surface area contributed by atoms with Gasteiger partial charge in [-0.25, -0.2) is 4.79 Å². The number of carbonyl (C=O) groups excluding carboxylic acids is 1. The average Bonchev–Trinajstić information content (AvgIpc) is 3.61. The lowest BCUT2D eigenvalue weighted by Gasteiger charge is -2.36. The molecule has 254 valence electrons. The summed E-state index contributed by atoms with van der Waals surface area (Å²) in [5, 5.41) is 14.5. The largest absolute Gasteiger partial charge is 0.496 e. The van der Waals surface area contributed by atoms with Crippen molar-refractivity contribution < 1.29 is 40.6 Å². The number of ether oxygens (including phenoxy) is 2. The zero-order valence-electron chi connectivity index (χ0n) is 26.9. The molecule has 2 aliphatic rings. The average molecular weight is 666 g/mol. The second-order valence-corrected chi connectivity index (χ2v) is 13.8. The summed E-state index contributed by atoms with van der Waals surface area (Å²) in [4.78, 5) is 14.6. The number of aromatic amines is 1. The number of amides is 1. The molecule has 1 aliphatic carbocycles. The smallest absolute Gasteiger partial charge is 0.416 e. The third-order valence-corrected chi connectivity index (χ3v) is 9.05. The molecule has 14 heteroatoms. The van der Waals surface area contributed by atoms with Crippen LogP contribution in [0, 0.1) is 5.41 Å². The van der Waals surface area contributed by atoms with Crippen LogP contribution in [0.25, 0.3) is 5.57 Å². The van der Waals surface area contributed by atoms with E-state index in [0.717, 1.165) is 28.7 Å². The van der Waals surface area contributed by atoms with Gasteiger partial charge in [-0.3, -0.25) is 4.90 Å². The third kappa shape index (κ3) is 7.25. The normalized spacial score (nSPS) is 20.5. The fraction of sp³-hybridized carbons (Fsp3) is 0.515. The topological polar surface area (TPSA) is 93.2 Å². The molecule has 5 rings (SSSR count). The highest BCUT2D eigenvalue weighted by atomic mass is 19.4. The van der Waals surface area contributed by atoms with Crippen LogP contribution in [0.15, 0.2) is 42.0 Å². The van der Waals surface area contributed by atoms with Gasteiger partial charge in [-0.2, -0.15) is 31.6 Å². The summed E-state index contributed by atoms with van der Waals surface area (Å²) in [5.41, 5.74) is -0.124. The Morgan fingerprint density at radius 2 is 1.70 bits per heavy atom. The number of benzene rings is 2. The van der Waals surface area contributed by atoms with Crippen LogP contribution in [-0.2, 0) is 28.9 Å². The number of methoxy groups -OCH3 is 1. The van der Waals surface area contributed by atoms with E-state index in [1.165, 1.54) is 4.90 Å². The van der Waals surface area contributed by atoms with Gasteiger partial charge in [-0.05, 0) is 90.6 Å². The van der Waals surface area contributed by atoms with E-state index in [-0.39, 0.29) is 23.6 Å². The first-order valence-corrected chi connectivity index (χ1v) is 15.2. The van der Waals surface area contributed by atoms with Gasteiger partial charge in [0.2, 0.25) is 0 Å². The Labute approximate surface area is 268 Å². The number of alkyl halides is 6. The van der Waals surface area contributed by atoms with Crippen LogP contribution in [0.5, 0.6) is 5.75 Å². The molecule has 8 nitrogen and oxygen atoms in total. The van der Waals surface area contributed by atoms with Crippen molar-refractivity contribution in [3.63, 3.8) is 0 Å². The SMILES string of the molecule is COc1ccc(CC(C)(C)c2nn[nH]n2)cc1C1=C(CN2C(=O)OC(c3cc(C(F)(F)F)cc(C(F)(F)F)c3)C2C)CC(C)(C)CC1. The molecule has 1 aliphatic heterocycles. The van der Waals surface area contributed by atoms with E-state index >= 15 is 0 Å². The Morgan fingerprint density at radius 1 is 1.04 bits per heavy atom. The Morgan fingerprint density at radius 3 is 2.28 bits per heavy atom. The molecular weight excluding hydrogens is 628 g/mol. The summed E-state index contributed by atoms with van der Waals surface area (Å²) in [5.74, 6) is 1.20. The number of hydrogen-bond donors (Lipinski definition) is 1. The van der Waals surface area contributed by atoms with E-state index in [9.17, 15) is 31.1 Å². The Hall–Kier alpha value is -4.10. The number of halogens is 6. The standard InChI is InChI=1S/C33H37F6N5O3/c1-18-27(20-12-22(32(34,35)36)14-23(13-20)33(37,38)39)47-29(45)44(18)17-21-16-30(2,3)10-9-24(21)25-11-19(7-8-26(25)46-6)15-31(4,5)28-40-42-43-41-28/h7-8,11-14,18,27H,9-10,15-17H2,1-6H3,(H,40,41,42,43). The Kier molecular flexibility index (Phi) is 8.86. The molecule has 0 saturated carbocycles. The third-order valence-electron chi connectivity index (χ3n) is 9.05. The minimum absolute atomic E-state index is 0.0642. The van der Waals surface area contributed by atoms with E-state index < -0.39 is 47.1 Å². The molecule has 2 aromatic carbocycles. The number of tetrazole rings is 1. The fourth-order valence-corrected chi connectivity index (χ4v) is 6.54. The first kappa shape index (κ1) is 34.2. The van der Waals surface area contributed by atoms with Crippen LogP contribution < -0.4 is 4.74 Å². The van der Waals surface area contributed by atoms with Gasteiger partial charge in [0.05, 0.1) is 24.3 Å². The molecule has 47 heavy (non-hydrogen) atoms. The quantitative estimate of drug-likeness (QED) is 0.243. The lowest BCUT2D eigenvalue weighted by atomic mass is 9.72. The molecule has 2 atom stereocenters. The van der Waals surface area contributed by atoms with E-state index in [1.807, 2.05) is 32.0 Å². The van der Waals surface area contributed by atoms with Crippen molar-refractivity contribution in [3.05, 3.63) is 75.6 Å². The first-order chi connectivity index (χ1) is 21.8. The van der Waals surface area contributed by atoms with E-state index in [4.69, 9.17) is 9.47 Å². The maximum absolute atomic E-state index is 13.6. The van der Waals surface area contributed by atoms with Gasteiger partial charge in [0, 0.05) is 17.5 Å². The predicted molar refractivity (Wildman–Crippen MR) is 160 cm³/mol. The summed E-state index contributed by atoms with van der Waals surface area (Å²) in [6.07, 6.45) is -9.49. The van der Waals surface area contributed by atoms with E-state index in [1.54, 1.807) is 14.0 Å². The van der Waals surface area contributed by atoms with Gasteiger partial charge in [0.25, 0.3) is 0 Å². The second kappa shape index (κ2) is 12.2. The summed E-state index contributed by atoms with van der Waals surface area (Å²) >= 11 is 0. The van der Waals surface area contributed by atoms with Gasteiger partial charge < -0.3 is 9.47 Å². The molecule has 2 unspecified atom stereocenters. The maximum atomic E-state index is 13.6. The van der Waals surface area contributed by atoms with Crippen molar-refractivity contribution in [2.45, 2.75) is 90.2 Å². The molecular formula is C33H37F6N5O3. The van der Waals surface area contributed by atoms with E-state index in [2.05, 4.69) is 34.5 Å². The highest BCUT2D eigenvalue weighted by Crippen LogP contribution is 2.47. The maximum Gasteiger partial charge on any atom is 0.416 e. The number of hydrogen-bond acceptors (Lipinski definition) is 6. The number of nitrogens with one attached hydrogen (secondary N) is 1. The van der Waals surface area contributed by atoms with Crippen LogP contribution in [0.2, 0.25) is 0 Å². The zero-order chi connectivity index (χ0) is 34.5. The predicted octanol–water partition coefficient (Wildman–Crippen LogP) is 8.31. The lowest BCUT2D eigenvalue weighted by Crippen LogP contribution is -2.35. The first-order valence-electron chi connectivity index (χ1n) is 15.2. The van der Waals surface area contributed by atoms with Gasteiger partial charge in [-0.15, -0.1) is 10.2 Å². The van der Waals surface area contributed by atoms with Crippen LogP contribution in [0.3, 0.4) is 0 Å². The highest BCUT2D eigenvalue weighted by molar-refractivity contribution is 5.77. The van der Waals surface area contributed by atoms with Crippen LogP contribution in [0.1, 0.15) is 93.6 Å². The highest BCUT2D eigenvalue weighted by Gasteiger charge is 2.44. The molecule has 0 bridgehead atoms. The molecule has 0 spiro atoms. The number of carbonyl (C=O) groups is 1. The van der Waals surface area contributed by atoms with Crippen molar-refractivity contribution >= 4 is 11.7 Å². The van der Waals surface area contributed by atoms with Crippen molar-refractivity contribution in [2.75, 3.05) is 13.7 Å². The van der Waals surface area contributed by atoms with Crippen molar-refractivity contribution in [1.82, 2.24) is 25.5 Å². The number of rotatable bonds is 8. The molecule has 1 fully saturated rings. The summed E-state index contributed by atoms with van der Waals surface area (Å²) in [7, 11) is 1.57. The molecule has 1 amide bonds. The number of aromatic nitrogens is 4. The molecule has 1 saturated heterocycles. The van der Waals surface area contributed by atoms with E-state index in [0.29, 0.717) is 43.0 Å². The molecule has 2 heterocycles. The van der Waals surface area contributed by atoms with Gasteiger partial charge in [-0.1, -0.05) is 39.0 Å². The minimum atomic E-state index is -5.02. The second-order valence-electron chi connectivity index (χ2n) is 13.8. The van der Waals surface area contributed by atoms with Crippen molar-refractivity contribution in [3.8, 4) is 5.75 Å². The molecule has 0 radical (unpaired) electrons. The van der Waals surface area contributed by atoms with Gasteiger partial charge in [0.15, 0.2) is 5.82 Å². The summed E-state index contributed by atoms with van der Waals surface area (Å²) < 4.78 is 92.8. The van der Waals surface area contributed by atoms with Crippen LogP contribution in [0.4, 0.5) is 31.1 Å². The lowest BCUT2D eigenvalue weighted by molar-refractivity contribution is -0.143. The Bertz CT molecular complexity index is 1630. The number of H-pyrrole nitrogens is 1. The van der Waals surface area contributed by atoms with Gasteiger partial charge >= 0.3 is 18.4 Å². The summed E-state index contributed by atoms with van der Waals surface area (Å²) in [6, 6.07) is 6.35. The molecule has 3 aromatic rings. The Balaban J connectivity index is 1.51.